The van der Waals surface area contributed by atoms with Gasteiger partial charge in [-0.15, -0.1) is 0 Å². The summed E-state index contributed by atoms with van der Waals surface area (Å²) in [5.41, 5.74) is 21.8. The Morgan fingerprint density at radius 3 is 1.54 bits per heavy atom. The molecule has 0 saturated carbocycles. The van der Waals surface area contributed by atoms with Crippen LogP contribution in [-0.2, 0) is 51.2 Å². The lowest BCUT2D eigenvalue weighted by Crippen LogP contribution is -2.60. The first-order valence-corrected chi connectivity index (χ1v) is 22.5. The van der Waals surface area contributed by atoms with E-state index in [1.165, 1.54) is 6.92 Å². The highest BCUT2D eigenvalue weighted by Crippen LogP contribution is 2.33. The summed E-state index contributed by atoms with van der Waals surface area (Å²) in [7, 11) is 0. The minimum atomic E-state index is -1.28. The Hall–Kier alpha value is -7.26. The molecule has 1 fully saturated rings. The Kier molecular flexibility index (Phi) is 21.2. The number of carbonyl (C=O) groups excluding carboxylic acids is 8. The van der Waals surface area contributed by atoms with Crippen LogP contribution in [0, 0.1) is 16.7 Å². The molecule has 2 aromatic rings. The van der Waals surface area contributed by atoms with Crippen LogP contribution in [0.2, 0.25) is 0 Å². The van der Waals surface area contributed by atoms with E-state index in [1.807, 2.05) is 13.8 Å². The molecule has 372 valence electrons. The summed E-state index contributed by atoms with van der Waals surface area (Å²) in [6, 6.07) is 11.3. The quantitative estimate of drug-likeness (QED) is 0.0540. The fourth-order valence-electron chi connectivity index (χ4n) is 7.39. The van der Waals surface area contributed by atoms with Crippen molar-refractivity contribution in [2.75, 3.05) is 32.7 Å². The molecule has 1 aliphatic rings. The molecule has 68 heavy (non-hydrogen) atoms. The monoisotopic (exact) mass is 947 g/mol. The predicted molar refractivity (Wildman–Crippen MR) is 257 cm³/mol. The molecule has 0 spiro atoms. The van der Waals surface area contributed by atoms with Gasteiger partial charge < -0.3 is 65.5 Å². The number of hydrogen-bond acceptors (Lipinski definition) is 10. The zero-order chi connectivity index (χ0) is 50.6. The fourth-order valence-corrected chi connectivity index (χ4v) is 7.39. The maximum atomic E-state index is 14.2. The van der Waals surface area contributed by atoms with Crippen LogP contribution in [0.25, 0.3) is 0 Å². The minimum Gasteiger partial charge on any atom is -0.370 e. The third-order valence-electron chi connectivity index (χ3n) is 11.9. The number of rotatable bonds is 14. The Bertz CT molecular complexity index is 2130. The summed E-state index contributed by atoms with van der Waals surface area (Å²) in [6.07, 6.45) is 1.11. The minimum absolute atomic E-state index is 0.00320. The first-order valence-electron chi connectivity index (χ1n) is 22.5. The molecule has 0 bridgehead atoms. The molecule has 0 aliphatic carbocycles. The largest absolute Gasteiger partial charge is 0.370 e. The van der Waals surface area contributed by atoms with E-state index in [0.717, 1.165) is 0 Å². The first-order chi connectivity index (χ1) is 32.0. The second-order valence-corrected chi connectivity index (χ2v) is 18.2. The van der Waals surface area contributed by atoms with Gasteiger partial charge in [-0.05, 0) is 54.1 Å². The van der Waals surface area contributed by atoms with Gasteiger partial charge in [0.05, 0.1) is 19.6 Å². The molecule has 6 atom stereocenters. The molecule has 0 radical (unpaired) electrons. The zero-order valence-corrected chi connectivity index (χ0v) is 39.8. The standard InChI is InChI=1S/C46H70N14O8/c1-27(45(3,4)19-21-52-44(49)50)36-41(67)56-28(2)38(64)58-32(23-30-16-11-8-12-17-30)40(66)53-24-33(61)57-31(22-29-14-9-7-10-15-29)39(65)54-26-35(63)60-37(42(68)55-25-34(62)59-36)46(5,6)18-13-20-51-43(47)48/h7-12,14-17,27-28,31-32,36-37H,13,18-26H2,1-6H3,(H,53,66)(H,54,65)(H,55,68)(H,56,67)(H,57,61)(H,58,64)(H,59,62)(H,60,63)(H4,47,48,51)(H4,49,50,52)/t27?,28?,31-,32-,36?,37?/m0/s1. The third-order valence-corrected chi connectivity index (χ3v) is 11.9. The van der Waals surface area contributed by atoms with E-state index >= 15 is 0 Å². The molecule has 22 heteroatoms. The SMILES string of the molecule is CC1NC(=O)C(C(C)C(C)(C)CCN=C(N)N)NC(=O)CNC(=O)C(C(C)(C)CCCN=C(N)N)NC(=O)CNC(=O)[C@H](Cc2ccccc2)NC(=O)CNC(=O)[C@H](Cc2ccccc2)NC1=O. The van der Waals surface area contributed by atoms with E-state index in [9.17, 15) is 38.4 Å². The molecular formula is C46H70N14O8. The number of benzene rings is 2. The molecule has 1 aliphatic heterocycles. The van der Waals surface area contributed by atoms with Crippen LogP contribution in [0.1, 0.15) is 71.9 Å². The summed E-state index contributed by atoms with van der Waals surface area (Å²) in [5.74, 6) is -6.88. The Morgan fingerprint density at radius 1 is 0.574 bits per heavy atom. The van der Waals surface area contributed by atoms with Crippen LogP contribution in [0.15, 0.2) is 70.6 Å². The van der Waals surface area contributed by atoms with Gasteiger partial charge in [0.15, 0.2) is 11.9 Å². The van der Waals surface area contributed by atoms with Crippen molar-refractivity contribution < 1.29 is 38.4 Å². The Morgan fingerprint density at radius 2 is 1.03 bits per heavy atom. The van der Waals surface area contributed by atoms with Gasteiger partial charge >= 0.3 is 0 Å². The van der Waals surface area contributed by atoms with Gasteiger partial charge in [0.25, 0.3) is 0 Å². The molecule has 3 rings (SSSR count). The van der Waals surface area contributed by atoms with Crippen LogP contribution in [0.4, 0.5) is 0 Å². The van der Waals surface area contributed by atoms with Crippen LogP contribution in [0.3, 0.4) is 0 Å². The highest BCUT2D eigenvalue weighted by atomic mass is 16.2. The smallest absolute Gasteiger partial charge is 0.243 e. The van der Waals surface area contributed by atoms with Crippen molar-refractivity contribution in [1.82, 2.24) is 42.5 Å². The van der Waals surface area contributed by atoms with Gasteiger partial charge in [0.1, 0.15) is 30.2 Å². The van der Waals surface area contributed by atoms with E-state index < -0.39 is 114 Å². The molecular weight excluding hydrogens is 877 g/mol. The number of nitrogens with zero attached hydrogens (tertiary/aromatic N) is 2. The summed E-state index contributed by atoms with van der Waals surface area (Å²) in [5, 5.41) is 21.0. The van der Waals surface area contributed by atoms with Gasteiger partial charge in [-0.1, -0.05) is 95.3 Å². The lowest BCUT2D eigenvalue weighted by atomic mass is 9.73. The van der Waals surface area contributed by atoms with Crippen molar-refractivity contribution in [2.45, 2.75) is 104 Å². The number of carbonyl (C=O) groups is 8. The average molecular weight is 947 g/mol. The second-order valence-electron chi connectivity index (χ2n) is 18.2. The van der Waals surface area contributed by atoms with Crippen LogP contribution < -0.4 is 65.5 Å². The number of guanidine groups is 2. The van der Waals surface area contributed by atoms with Gasteiger partial charge in [-0.2, -0.15) is 0 Å². The highest BCUT2D eigenvalue weighted by molar-refractivity contribution is 5.97. The Balaban J connectivity index is 2.04. The van der Waals surface area contributed by atoms with Crippen molar-refractivity contribution in [1.29, 1.82) is 0 Å². The molecule has 22 nitrogen and oxygen atoms in total. The van der Waals surface area contributed by atoms with Crippen LogP contribution >= 0.6 is 0 Å². The number of hydrogen-bond donors (Lipinski definition) is 12. The maximum Gasteiger partial charge on any atom is 0.243 e. The van der Waals surface area contributed by atoms with E-state index in [2.05, 4.69) is 52.5 Å². The molecule has 8 amide bonds. The number of aliphatic imine (C=N–C) groups is 2. The predicted octanol–water partition coefficient (Wildman–Crippen LogP) is -2.32. The normalized spacial score (nSPS) is 21.6. The van der Waals surface area contributed by atoms with Gasteiger partial charge in [0, 0.05) is 25.9 Å². The van der Waals surface area contributed by atoms with Crippen molar-refractivity contribution in [3.05, 3.63) is 71.8 Å². The Labute approximate surface area is 397 Å². The van der Waals surface area contributed by atoms with Crippen LogP contribution in [-0.4, -0.2) is 122 Å². The van der Waals surface area contributed by atoms with Crippen LogP contribution in [0.5, 0.6) is 0 Å². The molecule has 0 aromatic heterocycles. The van der Waals surface area contributed by atoms with Crippen molar-refractivity contribution in [2.24, 2.45) is 49.7 Å². The lowest BCUT2D eigenvalue weighted by molar-refractivity contribution is -0.136. The zero-order valence-electron chi connectivity index (χ0n) is 39.8. The topological polar surface area (TPSA) is 362 Å². The average Bonchev–Trinajstić information content (AvgIpc) is 3.28. The molecule has 1 saturated heterocycles. The maximum absolute atomic E-state index is 14.2. The molecule has 16 N–H and O–H groups in total. The first kappa shape index (κ1) is 55.1. The van der Waals surface area contributed by atoms with Gasteiger partial charge in [0.2, 0.25) is 47.3 Å². The number of amides is 8. The molecule has 2 aromatic carbocycles. The van der Waals surface area contributed by atoms with Crippen molar-refractivity contribution >= 4 is 59.2 Å². The number of nitrogens with one attached hydrogen (secondary N) is 8. The highest BCUT2D eigenvalue weighted by Gasteiger charge is 2.40. The summed E-state index contributed by atoms with van der Waals surface area (Å²) in [4.78, 5) is 118. The van der Waals surface area contributed by atoms with E-state index in [4.69, 9.17) is 22.9 Å². The number of nitrogens with two attached hydrogens (primary N) is 4. The third kappa shape index (κ3) is 18.6. The van der Waals surface area contributed by atoms with Gasteiger partial charge in [-0.25, -0.2) is 0 Å². The van der Waals surface area contributed by atoms with E-state index in [0.29, 0.717) is 30.4 Å². The van der Waals surface area contributed by atoms with Crippen molar-refractivity contribution in [3.63, 3.8) is 0 Å². The molecule has 4 unspecified atom stereocenters. The summed E-state index contributed by atoms with van der Waals surface area (Å²) in [6.45, 7) is 8.86. The molecule has 1 heterocycles. The van der Waals surface area contributed by atoms with E-state index in [-0.39, 0.29) is 37.9 Å². The van der Waals surface area contributed by atoms with Gasteiger partial charge in [-0.3, -0.25) is 48.3 Å². The van der Waals surface area contributed by atoms with Crippen molar-refractivity contribution in [3.8, 4) is 0 Å². The summed E-state index contributed by atoms with van der Waals surface area (Å²) >= 11 is 0. The summed E-state index contributed by atoms with van der Waals surface area (Å²) < 4.78 is 0. The second kappa shape index (κ2) is 26.2. The lowest BCUT2D eigenvalue weighted by Gasteiger charge is -2.37. The fraction of sp³-hybridized carbons (Fsp3) is 0.522. The van der Waals surface area contributed by atoms with E-state index in [1.54, 1.807) is 81.4 Å².